The van der Waals surface area contributed by atoms with E-state index in [1.165, 1.54) is 11.8 Å². The number of aryl methyl sites for hydroxylation is 1. The van der Waals surface area contributed by atoms with Gasteiger partial charge in [0.15, 0.2) is 17.2 Å². The van der Waals surface area contributed by atoms with Crippen LogP contribution in [0, 0.1) is 0 Å². The lowest BCUT2D eigenvalue weighted by atomic mass is 10.1. The number of methoxy groups -OCH3 is 2. The van der Waals surface area contributed by atoms with Gasteiger partial charge in [0.1, 0.15) is 0 Å². The van der Waals surface area contributed by atoms with E-state index in [1.807, 2.05) is 0 Å². The first-order valence-electron chi connectivity index (χ1n) is 8.12. The van der Waals surface area contributed by atoms with Crippen molar-refractivity contribution in [2.75, 3.05) is 19.5 Å². The Hall–Kier alpha value is -3.35. The number of carbonyl (C=O) groups is 1. The van der Waals surface area contributed by atoms with Crippen LogP contribution in [0.3, 0.4) is 0 Å². The average molecular weight is 353 g/mol. The number of carbonyl (C=O) groups excluding carboxylic acids is 1. The Morgan fingerprint density at radius 2 is 1.77 bits per heavy atom. The second-order valence-corrected chi connectivity index (χ2v) is 5.54. The fourth-order valence-electron chi connectivity index (χ4n) is 2.72. The zero-order valence-corrected chi connectivity index (χ0v) is 14.8. The van der Waals surface area contributed by atoms with Crippen molar-refractivity contribution in [1.82, 2.24) is 9.78 Å². The van der Waals surface area contributed by atoms with E-state index >= 15 is 0 Å². The molecule has 3 aromatic rings. The summed E-state index contributed by atoms with van der Waals surface area (Å²) < 4.78 is 11.7. The standard InChI is InChI=1S/C19H19N3O4/c1-4-22-19(24)14-8-6-5-7-13(14)17(21-22)18(23)20-12-9-10-15(25-2)16(11-12)26-3/h5-11H,4H2,1-3H3,(H,20,23). The largest absolute Gasteiger partial charge is 0.493 e. The van der Waals surface area contributed by atoms with E-state index in [2.05, 4.69) is 10.4 Å². The van der Waals surface area contributed by atoms with Gasteiger partial charge in [-0.2, -0.15) is 5.10 Å². The third kappa shape index (κ3) is 3.11. The van der Waals surface area contributed by atoms with Crippen molar-refractivity contribution < 1.29 is 14.3 Å². The van der Waals surface area contributed by atoms with Crippen molar-refractivity contribution in [3.05, 3.63) is 58.5 Å². The van der Waals surface area contributed by atoms with Gasteiger partial charge in [0.05, 0.1) is 19.6 Å². The van der Waals surface area contributed by atoms with Crippen LogP contribution < -0.4 is 20.3 Å². The molecule has 1 amide bonds. The number of fused-ring (bicyclic) bond motifs is 1. The fourth-order valence-corrected chi connectivity index (χ4v) is 2.72. The molecule has 0 saturated heterocycles. The van der Waals surface area contributed by atoms with Crippen LogP contribution in [-0.4, -0.2) is 29.9 Å². The van der Waals surface area contributed by atoms with E-state index < -0.39 is 5.91 Å². The summed E-state index contributed by atoms with van der Waals surface area (Å²) in [6.45, 7) is 2.18. The van der Waals surface area contributed by atoms with Gasteiger partial charge in [-0.05, 0) is 25.1 Å². The number of anilines is 1. The normalized spacial score (nSPS) is 10.6. The summed E-state index contributed by atoms with van der Waals surface area (Å²) in [7, 11) is 3.07. The minimum atomic E-state index is -0.407. The number of nitrogens with zero attached hydrogens (tertiary/aromatic N) is 2. The number of benzene rings is 2. The van der Waals surface area contributed by atoms with Crippen LogP contribution >= 0.6 is 0 Å². The van der Waals surface area contributed by atoms with E-state index in [0.29, 0.717) is 34.5 Å². The summed E-state index contributed by atoms with van der Waals surface area (Å²) in [4.78, 5) is 25.2. The lowest BCUT2D eigenvalue weighted by Gasteiger charge is -2.12. The average Bonchev–Trinajstić information content (AvgIpc) is 2.68. The maximum atomic E-state index is 12.8. The van der Waals surface area contributed by atoms with E-state index in [1.54, 1.807) is 56.5 Å². The minimum Gasteiger partial charge on any atom is -0.493 e. The monoisotopic (exact) mass is 353 g/mol. The zero-order chi connectivity index (χ0) is 18.7. The summed E-state index contributed by atoms with van der Waals surface area (Å²) in [5.74, 6) is 0.658. The molecule has 0 saturated carbocycles. The topological polar surface area (TPSA) is 82.5 Å². The first-order valence-corrected chi connectivity index (χ1v) is 8.12. The Balaban J connectivity index is 2.03. The van der Waals surface area contributed by atoms with Crippen LogP contribution in [0.4, 0.5) is 5.69 Å². The molecule has 0 bridgehead atoms. The summed E-state index contributed by atoms with van der Waals surface area (Å²) >= 11 is 0. The van der Waals surface area contributed by atoms with Crippen LogP contribution in [0.2, 0.25) is 0 Å². The van der Waals surface area contributed by atoms with Gasteiger partial charge in [-0.3, -0.25) is 9.59 Å². The van der Waals surface area contributed by atoms with Crippen molar-refractivity contribution >= 4 is 22.4 Å². The molecule has 0 fully saturated rings. The molecule has 0 aliphatic carbocycles. The highest BCUT2D eigenvalue weighted by molar-refractivity contribution is 6.11. The molecule has 2 aromatic carbocycles. The number of rotatable bonds is 5. The molecule has 0 radical (unpaired) electrons. The van der Waals surface area contributed by atoms with Crippen LogP contribution in [0.15, 0.2) is 47.3 Å². The van der Waals surface area contributed by atoms with Gasteiger partial charge in [0, 0.05) is 23.7 Å². The third-order valence-corrected chi connectivity index (χ3v) is 4.02. The van der Waals surface area contributed by atoms with Crippen molar-refractivity contribution in [1.29, 1.82) is 0 Å². The molecule has 0 spiro atoms. The predicted molar refractivity (Wildman–Crippen MR) is 99.2 cm³/mol. The molecule has 1 heterocycles. The molecule has 0 aliphatic rings. The number of nitrogens with one attached hydrogen (secondary N) is 1. The molecular weight excluding hydrogens is 334 g/mol. The van der Waals surface area contributed by atoms with Crippen LogP contribution in [0.25, 0.3) is 10.8 Å². The predicted octanol–water partition coefficient (Wildman–Crippen LogP) is 2.69. The lowest BCUT2D eigenvalue weighted by molar-refractivity contribution is 0.102. The molecule has 26 heavy (non-hydrogen) atoms. The summed E-state index contributed by atoms with van der Waals surface area (Å²) in [6, 6.07) is 12.0. The molecule has 7 nitrogen and oxygen atoms in total. The molecule has 3 rings (SSSR count). The van der Waals surface area contributed by atoms with Gasteiger partial charge in [0.25, 0.3) is 11.5 Å². The minimum absolute atomic E-state index is 0.192. The van der Waals surface area contributed by atoms with Crippen LogP contribution in [0.5, 0.6) is 11.5 Å². The first-order chi connectivity index (χ1) is 12.6. The van der Waals surface area contributed by atoms with Crippen molar-refractivity contribution in [2.45, 2.75) is 13.5 Å². The summed E-state index contributed by atoms with van der Waals surface area (Å²) in [5, 5.41) is 8.00. The molecule has 0 unspecified atom stereocenters. The van der Waals surface area contributed by atoms with Crippen molar-refractivity contribution in [3.63, 3.8) is 0 Å². The molecule has 0 aliphatic heterocycles. The highest BCUT2D eigenvalue weighted by Crippen LogP contribution is 2.30. The highest BCUT2D eigenvalue weighted by Gasteiger charge is 2.17. The molecule has 7 heteroatoms. The maximum Gasteiger partial charge on any atom is 0.276 e. The third-order valence-electron chi connectivity index (χ3n) is 4.02. The Morgan fingerprint density at radius 1 is 1.08 bits per heavy atom. The van der Waals surface area contributed by atoms with Crippen molar-refractivity contribution in [2.24, 2.45) is 0 Å². The fraction of sp³-hybridized carbons (Fsp3) is 0.211. The van der Waals surface area contributed by atoms with Gasteiger partial charge in [-0.25, -0.2) is 4.68 Å². The second kappa shape index (κ2) is 7.26. The summed E-state index contributed by atoms with van der Waals surface area (Å²) in [5.41, 5.74) is 0.510. The van der Waals surface area contributed by atoms with Crippen LogP contribution in [0.1, 0.15) is 17.4 Å². The first kappa shape index (κ1) is 17.5. The Labute approximate surface area is 150 Å². The van der Waals surface area contributed by atoms with Gasteiger partial charge < -0.3 is 14.8 Å². The van der Waals surface area contributed by atoms with Crippen molar-refractivity contribution in [3.8, 4) is 11.5 Å². The summed E-state index contributed by atoms with van der Waals surface area (Å²) in [6.07, 6.45) is 0. The van der Waals surface area contributed by atoms with E-state index in [9.17, 15) is 9.59 Å². The van der Waals surface area contributed by atoms with E-state index in [-0.39, 0.29) is 11.3 Å². The van der Waals surface area contributed by atoms with Gasteiger partial charge >= 0.3 is 0 Å². The highest BCUT2D eigenvalue weighted by atomic mass is 16.5. The number of hydrogen-bond acceptors (Lipinski definition) is 5. The molecular formula is C19H19N3O4. The Bertz CT molecular complexity index is 1030. The number of amides is 1. The zero-order valence-electron chi connectivity index (χ0n) is 14.8. The SMILES string of the molecule is CCn1nc(C(=O)Nc2ccc(OC)c(OC)c2)c2ccccc2c1=O. The molecule has 1 aromatic heterocycles. The molecule has 0 atom stereocenters. The maximum absolute atomic E-state index is 12.8. The van der Waals surface area contributed by atoms with Gasteiger partial charge in [-0.15, -0.1) is 0 Å². The second-order valence-electron chi connectivity index (χ2n) is 5.54. The number of hydrogen-bond donors (Lipinski definition) is 1. The Morgan fingerprint density at radius 3 is 2.42 bits per heavy atom. The molecule has 1 N–H and O–H groups in total. The Kier molecular flexibility index (Phi) is 4.88. The quantitative estimate of drug-likeness (QED) is 0.762. The number of ether oxygens (including phenoxy) is 2. The lowest BCUT2D eigenvalue weighted by Crippen LogP contribution is -2.27. The smallest absolute Gasteiger partial charge is 0.276 e. The van der Waals surface area contributed by atoms with E-state index in [4.69, 9.17) is 9.47 Å². The molecule has 134 valence electrons. The van der Waals surface area contributed by atoms with Gasteiger partial charge in [0.2, 0.25) is 0 Å². The van der Waals surface area contributed by atoms with E-state index in [0.717, 1.165) is 0 Å². The van der Waals surface area contributed by atoms with Crippen LogP contribution in [-0.2, 0) is 6.54 Å². The number of aromatic nitrogens is 2. The van der Waals surface area contributed by atoms with Gasteiger partial charge in [-0.1, -0.05) is 18.2 Å².